The van der Waals surface area contributed by atoms with Crippen LogP contribution in [0.25, 0.3) is 0 Å². The Labute approximate surface area is 498 Å². The fourth-order valence-electron chi connectivity index (χ4n) is 10.7. The molecule has 80 heavy (non-hydrogen) atoms. The first kappa shape index (κ1) is 77.4. The maximum absolute atomic E-state index is 12.9. The molecule has 0 aromatic rings. The highest BCUT2D eigenvalue weighted by molar-refractivity contribution is 5.71. The molecule has 6 heteroatoms. The summed E-state index contributed by atoms with van der Waals surface area (Å²) in [7, 11) is 0. The Kier molecular flexibility index (Phi) is 66.6. The van der Waals surface area contributed by atoms with Gasteiger partial charge in [-0.3, -0.25) is 14.4 Å². The lowest BCUT2D eigenvalue weighted by atomic mass is 10.0. The summed E-state index contributed by atoms with van der Waals surface area (Å²) in [5, 5.41) is 0. The third-order valence-corrected chi connectivity index (χ3v) is 16.0. The van der Waals surface area contributed by atoms with Gasteiger partial charge in [0.1, 0.15) is 13.2 Å². The monoisotopic (exact) mass is 1120 g/mol. The number of hydrogen-bond donors (Lipinski definition) is 0. The number of rotatable bonds is 66. The summed E-state index contributed by atoms with van der Waals surface area (Å²) in [5.41, 5.74) is 0. The molecule has 0 N–H and O–H groups in total. The summed E-state index contributed by atoms with van der Waals surface area (Å²) in [6, 6.07) is 0. The van der Waals surface area contributed by atoms with E-state index in [1.807, 2.05) is 0 Å². The van der Waals surface area contributed by atoms with Crippen molar-refractivity contribution in [1.29, 1.82) is 0 Å². The van der Waals surface area contributed by atoms with Crippen molar-refractivity contribution >= 4 is 17.9 Å². The number of carbonyl (C=O) groups excluding carboxylic acids is 3. The average Bonchev–Trinajstić information content (AvgIpc) is 3.46. The van der Waals surface area contributed by atoms with Gasteiger partial charge in [0.15, 0.2) is 6.10 Å². The van der Waals surface area contributed by atoms with Crippen LogP contribution in [0.5, 0.6) is 0 Å². The van der Waals surface area contributed by atoms with Crippen LogP contribution < -0.4 is 0 Å². The van der Waals surface area contributed by atoms with Crippen molar-refractivity contribution in [2.45, 2.75) is 393 Å². The van der Waals surface area contributed by atoms with Crippen LogP contribution in [0.3, 0.4) is 0 Å². The Morgan fingerprint density at radius 3 is 0.775 bits per heavy atom. The van der Waals surface area contributed by atoms with E-state index >= 15 is 0 Å². The number of hydrogen-bond acceptors (Lipinski definition) is 6. The Morgan fingerprint density at radius 1 is 0.250 bits per heavy atom. The fourth-order valence-corrected chi connectivity index (χ4v) is 10.7. The van der Waals surface area contributed by atoms with E-state index in [9.17, 15) is 14.4 Å². The smallest absolute Gasteiger partial charge is 0.306 e. The molecular formula is C74H136O6. The Bertz CT molecular complexity index is 1380. The first-order chi connectivity index (χ1) is 39.5. The minimum absolute atomic E-state index is 0.0737. The van der Waals surface area contributed by atoms with Crippen LogP contribution >= 0.6 is 0 Å². The van der Waals surface area contributed by atoms with E-state index in [1.54, 1.807) is 0 Å². The van der Waals surface area contributed by atoms with Crippen molar-refractivity contribution in [2.75, 3.05) is 13.2 Å². The van der Waals surface area contributed by atoms with Crippen LogP contribution in [-0.4, -0.2) is 37.2 Å². The maximum atomic E-state index is 12.9. The molecule has 0 aliphatic heterocycles. The van der Waals surface area contributed by atoms with Gasteiger partial charge >= 0.3 is 17.9 Å². The minimum atomic E-state index is -0.777. The Morgan fingerprint density at radius 2 is 0.475 bits per heavy atom. The molecule has 0 bridgehead atoms. The van der Waals surface area contributed by atoms with Gasteiger partial charge in [-0.2, -0.15) is 0 Å². The van der Waals surface area contributed by atoms with Crippen LogP contribution in [-0.2, 0) is 28.6 Å². The van der Waals surface area contributed by atoms with Crippen molar-refractivity contribution in [3.63, 3.8) is 0 Å². The topological polar surface area (TPSA) is 78.9 Å². The number of unbranched alkanes of at least 4 members (excludes halogenated alkanes) is 47. The first-order valence-electron chi connectivity index (χ1n) is 35.6. The molecule has 1 unspecified atom stereocenters. The number of ether oxygens (including phenoxy) is 3. The predicted molar refractivity (Wildman–Crippen MR) is 349 cm³/mol. The van der Waals surface area contributed by atoms with Crippen LogP contribution in [0.1, 0.15) is 387 Å². The second-order valence-electron chi connectivity index (χ2n) is 24.1. The number of allylic oxidation sites excluding steroid dienone is 8. The quantitative estimate of drug-likeness (QED) is 0.0261. The van der Waals surface area contributed by atoms with E-state index in [4.69, 9.17) is 14.2 Å². The van der Waals surface area contributed by atoms with E-state index in [0.29, 0.717) is 19.3 Å². The standard InChI is InChI=1S/C74H136O6/c1-4-7-10-13-16-19-22-24-26-28-30-31-32-33-34-35-36-37-38-39-40-41-42-43-45-46-48-50-52-55-58-61-64-67-73(76)79-70-71(69-78-72(75)66-63-60-57-54-21-18-15-12-9-6-3)80-74(77)68-65-62-59-56-53-51-49-47-44-29-27-25-23-20-17-14-11-8-5-2/h12,15,17,20,25,27-28,30,71H,4-11,13-14,16,18-19,21-24,26,29,31-70H2,1-3H3/b15-12-,20-17-,27-25-,30-28-. The molecule has 6 nitrogen and oxygen atoms in total. The third kappa shape index (κ3) is 66.2. The van der Waals surface area contributed by atoms with Gasteiger partial charge < -0.3 is 14.2 Å². The lowest BCUT2D eigenvalue weighted by Crippen LogP contribution is -2.30. The van der Waals surface area contributed by atoms with Gasteiger partial charge in [-0.15, -0.1) is 0 Å². The van der Waals surface area contributed by atoms with Crippen molar-refractivity contribution in [3.8, 4) is 0 Å². The molecule has 0 saturated heterocycles. The zero-order valence-corrected chi connectivity index (χ0v) is 53.9. The highest BCUT2D eigenvalue weighted by atomic mass is 16.6. The molecule has 1 atom stereocenters. The van der Waals surface area contributed by atoms with Crippen molar-refractivity contribution in [3.05, 3.63) is 48.6 Å². The molecule has 0 saturated carbocycles. The lowest BCUT2D eigenvalue weighted by Gasteiger charge is -2.18. The Balaban J connectivity index is 4.06. The molecule has 0 spiro atoms. The van der Waals surface area contributed by atoms with Crippen molar-refractivity contribution in [1.82, 2.24) is 0 Å². The van der Waals surface area contributed by atoms with Crippen molar-refractivity contribution < 1.29 is 28.6 Å². The normalized spacial score (nSPS) is 12.3. The molecule has 0 aliphatic rings. The summed E-state index contributed by atoms with van der Waals surface area (Å²) < 4.78 is 16.9. The SMILES string of the molecule is CCC/C=C\CCCCCCCC(=O)OCC(COC(=O)CCCCCCCCCCCCCCCCCCCCCCC/C=C\CCCCCCCCCC)OC(=O)CCCCCCCCCCC/C=C\C/C=C\CCCCC. The van der Waals surface area contributed by atoms with E-state index in [0.717, 1.165) is 77.0 Å². The molecule has 0 fully saturated rings. The fraction of sp³-hybridized carbons (Fsp3) is 0.851. The second kappa shape index (κ2) is 68.9. The molecule has 0 radical (unpaired) electrons. The second-order valence-corrected chi connectivity index (χ2v) is 24.1. The van der Waals surface area contributed by atoms with Gasteiger partial charge in [0.2, 0.25) is 0 Å². The first-order valence-corrected chi connectivity index (χ1v) is 35.6. The van der Waals surface area contributed by atoms with E-state index in [-0.39, 0.29) is 31.1 Å². The van der Waals surface area contributed by atoms with Gasteiger partial charge in [0, 0.05) is 19.3 Å². The molecule has 0 amide bonds. The van der Waals surface area contributed by atoms with Gasteiger partial charge in [-0.25, -0.2) is 0 Å². The minimum Gasteiger partial charge on any atom is -0.462 e. The van der Waals surface area contributed by atoms with Gasteiger partial charge in [0.05, 0.1) is 0 Å². The van der Waals surface area contributed by atoms with Gasteiger partial charge in [0.25, 0.3) is 0 Å². The lowest BCUT2D eigenvalue weighted by molar-refractivity contribution is -0.167. The molecule has 0 aromatic heterocycles. The summed E-state index contributed by atoms with van der Waals surface area (Å²) in [6.45, 7) is 6.60. The average molecular weight is 1120 g/mol. The number of esters is 3. The van der Waals surface area contributed by atoms with Gasteiger partial charge in [-0.05, 0) is 96.3 Å². The summed E-state index contributed by atoms with van der Waals surface area (Å²) in [6.07, 6.45) is 87.4. The van der Waals surface area contributed by atoms with E-state index in [2.05, 4.69) is 69.4 Å². The molecule has 0 rings (SSSR count). The summed E-state index contributed by atoms with van der Waals surface area (Å²) in [5.74, 6) is -0.867. The molecule has 468 valence electrons. The van der Waals surface area contributed by atoms with E-state index < -0.39 is 6.10 Å². The summed E-state index contributed by atoms with van der Waals surface area (Å²) >= 11 is 0. The summed E-state index contributed by atoms with van der Waals surface area (Å²) in [4.78, 5) is 38.3. The highest BCUT2D eigenvalue weighted by Gasteiger charge is 2.19. The zero-order valence-electron chi connectivity index (χ0n) is 53.9. The molecule has 0 heterocycles. The van der Waals surface area contributed by atoms with E-state index in [1.165, 1.54) is 270 Å². The number of carbonyl (C=O) groups is 3. The van der Waals surface area contributed by atoms with Crippen LogP contribution in [0, 0.1) is 0 Å². The Hall–Kier alpha value is -2.63. The molecule has 0 aromatic carbocycles. The molecular weight excluding hydrogens is 985 g/mol. The molecule has 0 aliphatic carbocycles. The highest BCUT2D eigenvalue weighted by Crippen LogP contribution is 2.18. The largest absolute Gasteiger partial charge is 0.462 e. The van der Waals surface area contributed by atoms with Gasteiger partial charge in [-0.1, -0.05) is 320 Å². The predicted octanol–water partition coefficient (Wildman–Crippen LogP) is 24.5. The van der Waals surface area contributed by atoms with Crippen LogP contribution in [0.4, 0.5) is 0 Å². The zero-order chi connectivity index (χ0) is 57.8. The van der Waals surface area contributed by atoms with Crippen LogP contribution in [0.15, 0.2) is 48.6 Å². The van der Waals surface area contributed by atoms with Crippen LogP contribution in [0.2, 0.25) is 0 Å². The van der Waals surface area contributed by atoms with Crippen molar-refractivity contribution in [2.24, 2.45) is 0 Å². The maximum Gasteiger partial charge on any atom is 0.306 e. The third-order valence-electron chi connectivity index (χ3n) is 16.0.